The van der Waals surface area contributed by atoms with Crippen LogP contribution >= 0.6 is 12.4 Å². The molecular weight excluding hydrogens is 446 g/mol. The van der Waals surface area contributed by atoms with Crippen LogP contribution in [0.15, 0.2) is 60.7 Å². The van der Waals surface area contributed by atoms with Crippen molar-refractivity contribution >= 4 is 30.1 Å². The maximum absolute atomic E-state index is 13.2. The highest BCUT2D eigenvalue weighted by atomic mass is 35.5. The number of hydrogen-bond donors (Lipinski definition) is 2. The fraction of sp³-hybridized carbons (Fsp3) is 0.400. The Morgan fingerprint density at radius 2 is 1.27 bits per heavy atom. The summed E-state index contributed by atoms with van der Waals surface area (Å²) in [4.78, 5) is 34.7. The van der Waals surface area contributed by atoms with E-state index in [2.05, 4.69) is 54.9 Å². The average Bonchev–Trinajstić information content (AvgIpc) is 2.77. The van der Waals surface area contributed by atoms with Crippen LogP contribution in [0.2, 0.25) is 0 Å². The zero-order chi connectivity index (χ0) is 24.1. The number of ketones is 1. The third-order valence-electron chi connectivity index (χ3n) is 5.26. The van der Waals surface area contributed by atoms with Gasteiger partial charge in [-0.05, 0) is 38.6 Å². The molecule has 0 aliphatic carbocycles. The van der Waals surface area contributed by atoms with E-state index in [9.17, 15) is 14.4 Å². The van der Waals surface area contributed by atoms with Crippen molar-refractivity contribution < 1.29 is 29.3 Å². The van der Waals surface area contributed by atoms with Crippen LogP contribution in [-0.4, -0.2) is 66.2 Å². The second-order valence-electron chi connectivity index (χ2n) is 7.71. The van der Waals surface area contributed by atoms with Gasteiger partial charge in [-0.3, -0.25) is 4.79 Å². The number of rotatable bonds is 11. The molecule has 182 valence electrons. The van der Waals surface area contributed by atoms with Crippen molar-refractivity contribution in [2.45, 2.75) is 38.1 Å². The van der Waals surface area contributed by atoms with E-state index in [1.807, 2.05) is 43.3 Å². The average molecular weight is 480 g/mol. The topological polar surface area (TPSA) is 104 Å². The Morgan fingerprint density at radius 1 is 0.879 bits per heavy atom. The number of halogens is 1. The van der Waals surface area contributed by atoms with Crippen molar-refractivity contribution in [3.05, 3.63) is 71.8 Å². The van der Waals surface area contributed by atoms with Crippen LogP contribution in [0.25, 0.3) is 0 Å². The Morgan fingerprint density at radius 3 is 1.58 bits per heavy atom. The first kappa shape index (κ1) is 30.3. The van der Waals surface area contributed by atoms with Crippen LogP contribution < -0.4 is 0 Å². The summed E-state index contributed by atoms with van der Waals surface area (Å²) in [5.41, 5.74) is 1.60. The number of nitrogens with zero attached hydrogens (tertiary/aromatic N) is 1. The predicted molar refractivity (Wildman–Crippen MR) is 130 cm³/mol. The maximum atomic E-state index is 13.2. The molecule has 7 nitrogen and oxygen atoms in total. The molecule has 0 amide bonds. The lowest BCUT2D eigenvalue weighted by atomic mass is 9.67. The summed E-state index contributed by atoms with van der Waals surface area (Å²) in [6.45, 7) is 3.02. The fourth-order valence-electron chi connectivity index (χ4n) is 3.44. The standard InChI is InChI=1S/C21H27NO.C4H6O5.ClH/c1-5-20(23)21(16-17(2)22(3)4,18-12-8-6-9-13-18)19-14-10-7-11-15-19;5-3(6)1-9-2-4(7)8;/h6-15,17H,5,16H2,1-4H3;1-2H2,(H,5,6)(H,7,8);1H. The molecule has 2 aromatic carbocycles. The van der Waals surface area contributed by atoms with Gasteiger partial charge in [0.1, 0.15) is 19.0 Å². The highest BCUT2D eigenvalue weighted by Gasteiger charge is 2.41. The van der Waals surface area contributed by atoms with Crippen molar-refractivity contribution in [2.75, 3.05) is 27.3 Å². The number of ether oxygens (including phenoxy) is 1. The van der Waals surface area contributed by atoms with Gasteiger partial charge in [-0.25, -0.2) is 9.59 Å². The van der Waals surface area contributed by atoms with E-state index in [4.69, 9.17) is 10.2 Å². The molecular formula is C25H34ClNO6. The van der Waals surface area contributed by atoms with Crippen LogP contribution in [-0.2, 0) is 24.5 Å². The van der Waals surface area contributed by atoms with E-state index in [0.717, 1.165) is 17.5 Å². The lowest BCUT2D eigenvalue weighted by Gasteiger charge is -2.37. The third-order valence-corrected chi connectivity index (χ3v) is 5.26. The van der Waals surface area contributed by atoms with Crippen LogP contribution in [0, 0.1) is 0 Å². The van der Waals surface area contributed by atoms with Gasteiger partial charge in [0.25, 0.3) is 0 Å². The summed E-state index contributed by atoms with van der Waals surface area (Å²) in [6.07, 6.45) is 1.31. The molecule has 2 N–H and O–H groups in total. The largest absolute Gasteiger partial charge is 0.480 e. The Hall–Kier alpha value is -2.74. The number of carboxylic acids is 2. The highest BCUT2D eigenvalue weighted by molar-refractivity contribution is 5.93. The lowest BCUT2D eigenvalue weighted by Crippen LogP contribution is -2.42. The third kappa shape index (κ3) is 9.34. The van der Waals surface area contributed by atoms with E-state index < -0.39 is 30.6 Å². The Balaban J connectivity index is 0.000000875. The zero-order valence-electron chi connectivity index (χ0n) is 19.6. The molecule has 1 atom stereocenters. The number of aliphatic carboxylic acids is 2. The Kier molecular flexibility index (Phi) is 13.9. The molecule has 1 unspecified atom stereocenters. The second kappa shape index (κ2) is 15.2. The number of carbonyl (C=O) groups excluding carboxylic acids is 1. The van der Waals surface area contributed by atoms with Gasteiger partial charge >= 0.3 is 11.9 Å². The molecule has 0 radical (unpaired) electrons. The van der Waals surface area contributed by atoms with E-state index in [1.54, 1.807) is 0 Å². The van der Waals surface area contributed by atoms with E-state index in [0.29, 0.717) is 12.5 Å². The lowest BCUT2D eigenvalue weighted by molar-refractivity contribution is -0.148. The molecule has 2 rings (SSSR count). The van der Waals surface area contributed by atoms with Crippen molar-refractivity contribution in [2.24, 2.45) is 0 Å². The number of hydrogen-bond acceptors (Lipinski definition) is 5. The van der Waals surface area contributed by atoms with Gasteiger partial charge in [-0.1, -0.05) is 67.6 Å². The molecule has 0 saturated heterocycles. The second-order valence-corrected chi connectivity index (χ2v) is 7.71. The van der Waals surface area contributed by atoms with Crippen LogP contribution in [0.5, 0.6) is 0 Å². The van der Waals surface area contributed by atoms with Crippen LogP contribution in [0.4, 0.5) is 0 Å². The van der Waals surface area contributed by atoms with Crippen molar-refractivity contribution in [1.82, 2.24) is 4.90 Å². The van der Waals surface area contributed by atoms with Gasteiger partial charge in [0.2, 0.25) is 0 Å². The maximum Gasteiger partial charge on any atom is 0.329 e. The molecule has 2 aromatic rings. The van der Waals surface area contributed by atoms with Crippen molar-refractivity contribution in [1.29, 1.82) is 0 Å². The zero-order valence-corrected chi connectivity index (χ0v) is 20.4. The minimum atomic E-state index is -1.17. The molecule has 33 heavy (non-hydrogen) atoms. The number of carboxylic acid groups (broad SMARTS) is 2. The minimum Gasteiger partial charge on any atom is -0.480 e. The number of Topliss-reactive ketones (excluding diaryl/α,β-unsaturated/α-hetero) is 1. The molecule has 0 fully saturated rings. The number of benzene rings is 2. The Labute approximate surface area is 201 Å². The van der Waals surface area contributed by atoms with Gasteiger partial charge in [0.15, 0.2) is 0 Å². The van der Waals surface area contributed by atoms with E-state index in [-0.39, 0.29) is 18.2 Å². The number of carbonyl (C=O) groups is 3. The molecule has 0 heterocycles. The molecule has 0 aliphatic heterocycles. The van der Waals surface area contributed by atoms with E-state index in [1.165, 1.54) is 0 Å². The summed E-state index contributed by atoms with van der Waals surface area (Å²) < 4.78 is 4.16. The van der Waals surface area contributed by atoms with Gasteiger partial charge in [0, 0.05) is 12.5 Å². The normalized spacial score (nSPS) is 11.5. The van der Waals surface area contributed by atoms with Crippen molar-refractivity contribution in [3.8, 4) is 0 Å². The van der Waals surface area contributed by atoms with Crippen LogP contribution in [0.3, 0.4) is 0 Å². The quantitative estimate of drug-likeness (QED) is 0.503. The fourth-order valence-corrected chi connectivity index (χ4v) is 3.44. The SMILES string of the molecule is CCC(=O)C(CC(C)N(C)C)(c1ccccc1)c1ccccc1.Cl.O=C(O)COCC(=O)O. The first-order valence-electron chi connectivity index (χ1n) is 10.5. The Bertz CT molecular complexity index is 804. The monoisotopic (exact) mass is 479 g/mol. The van der Waals surface area contributed by atoms with Gasteiger partial charge < -0.3 is 19.8 Å². The molecule has 0 aliphatic rings. The summed E-state index contributed by atoms with van der Waals surface area (Å²) in [5, 5.41) is 15.8. The minimum absolute atomic E-state index is 0. The molecule has 8 heteroatoms. The van der Waals surface area contributed by atoms with E-state index >= 15 is 0 Å². The summed E-state index contributed by atoms with van der Waals surface area (Å²) in [5.74, 6) is -2.06. The summed E-state index contributed by atoms with van der Waals surface area (Å²) >= 11 is 0. The van der Waals surface area contributed by atoms with Gasteiger partial charge in [0.05, 0.1) is 5.41 Å². The first-order valence-corrected chi connectivity index (χ1v) is 10.5. The first-order chi connectivity index (χ1) is 15.1. The van der Waals surface area contributed by atoms with Crippen LogP contribution in [0.1, 0.15) is 37.8 Å². The van der Waals surface area contributed by atoms with Gasteiger partial charge in [-0.15, -0.1) is 12.4 Å². The molecule has 0 aromatic heterocycles. The highest BCUT2D eigenvalue weighted by Crippen LogP contribution is 2.39. The van der Waals surface area contributed by atoms with Gasteiger partial charge in [-0.2, -0.15) is 0 Å². The summed E-state index contributed by atoms with van der Waals surface area (Å²) in [7, 11) is 4.14. The van der Waals surface area contributed by atoms with Crippen molar-refractivity contribution in [3.63, 3.8) is 0 Å². The summed E-state index contributed by atoms with van der Waals surface area (Å²) in [6, 6.07) is 20.7. The molecule has 0 spiro atoms. The smallest absolute Gasteiger partial charge is 0.329 e. The predicted octanol–water partition coefficient (Wildman–Crippen LogP) is 3.89. The molecule has 0 bridgehead atoms. The molecule has 0 saturated carbocycles.